The van der Waals surface area contributed by atoms with Crippen LogP contribution < -0.4 is 9.80 Å². The Morgan fingerprint density at radius 1 is 0.312 bits per heavy atom. The monoisotopic (exact) mass is 818 g/mol. The summed E-state index contributed by atoms with van der Waals surface area (Å²) in [7, 11) is 0. The van der Waals surface area contributed by atoms with Crippen molar-refractivity contribution in [1.29, 1.82) is 0 Å². The average molecular weight is 819 g/mol. The number of nitrogens with zero attached hydrogens (tertiary/aromatic N) is 6. The van der Waals surface area contributed by atoms with Crippen LogP contribution >= 0.6 is 0 Å². The maximum absolute atomic E-state index is 5.51. The molecule has 3 heterocycles. The summed E-state index contributed by atoms with van der Waals surface area (Å²) in [6.45, 7) is 0. The molecule has 0 fully saturated rings. The van der Waals surface area contributed by atoms with Crippen LogP contribution in [0.15, 0.2) is 231 Å². The van der Waals surface area contributed by atoms with Crippen LogP contribution in [-0.4, -0.2) is 18.9 Å². The van der Waals surface area contributed by atoms with Crippen LogP contribution in [0.5, 0.6) is 0 Å². The van der Waals surface area contributed by atoms with E-state index in [1.165, 1.54) is 21.5 Å². The first-order valence-electron chi connectivity index (χ1n) is 21.7. The Kier molecular flexibility index (Phi) is 8.11. The van der Waals surface area contributed by atoms with Gasteiger partial charge in [-0.15, -0.1) is 0 Å². The van der Waals surface area contributed by atoms with Crippen molar-refractivity contribution in [2.75, 3.05) is 9.80 Å². The van der Waals surface area contributed by atoms with Crippen LogP contribution in [-0.2, 0) is 0 Å². The third-order valence-electron chi connectivity index (χ3n) is 12.6. The van der Waals surface area contributed by atoms with Crippen molar-refractivity contribution in [3.05, 3.63) is 231 Å². The van der Waals surface area contributed by atoms with E-state index < -0.39 is 0 Å². The zero-order chi connectivity index (χ0) is 42.1. The lowest BCUT2D eigenvalue weighted by Gasteiger charge is -2.27. The number of anilines is 6. The second-order valence-corrected chi connectivity index (χ2v) is 16.3. The predicted octanol–water partition coefficient (Wildman–Crippen LogP) is 15.4. The van der Waals surface area contributed by atoms with Gasteiger partial charge >= 0.3 is 0 Å². The standard InChI is InChI=1S/C58H38N6/c1-3-21-41(22-4-1)61(52-31-15-19-39-17-7-9-25-45(39)52)43-33-35-54-48(37-43)49-38-44(62(42-23-5-2-6-24-42)53-32-16-20-40-18-8-10-26-46(40)53)34-36-55(49)63(54)58-60-50-28-12-11-27-47(50)57-59-51-29-13-14-30-56(51)64(57)58/h1-38H. The summed E-state index contributed by atoms with van der Waals surface area (Å²) in [5.41, 5.74) is 12.3. The molecule has 0 N–H and O–H groups in total. The van der Waals surface area contributed by atoms with E-state index >= 15 is 0 Å². The highest BCUT2D eigenvalue weighted by Gasteiger charge is 2.24. The summed E-state index contributed by atoms with van der Waals surface area (Å²) in [6.07, 6.45) is 0. The second kappa shape index (κ2) is 14.4. The van der Waals surface area contributed by atoms with Gasteiger partial charge in [-0.05, 0) is 108 Å². The van der Waals surface area contributed by atoms with Gasteiger partial charge in [0, 0.05) is 49.7 Å². The molecule has 0 radical (unpaired) electrons. The van der Waals surface area contributed by atoms with Gasteiger partial charge in [-0.25, -0.2) is 9.97 Å². The van der Waals surface area contributed by atoms with E-state index in [1.54, 1.807) is 0 Å². The number of imidazole rings is 1. The summed E-state index contributed by atoms with van der Waals surface area (Å²) >= 11 is 0. The van der Waals surface area contributed by atoms with E-state index in [1.807, 2.05) is 0 Å². The highest BCUT2D eigenvalue weighted by atomic mass is 15.2. The molecule has 13 rings (SSSR count). The molecule has 13 aromatic rings. The number of benzene rings is 10. The van der Waals surface area contributed by atoms with Crippen molar-refractivity contribution in [1.82, 2.24) is 18.9 Å². The molecule has 0 aliphatic heterocycles. The summed E-state index contributed by atoms with van der Waals surface area (Å²) < 4.78 is 4.57. The maximum Gasteiger partial charge on any atom is 0.221 e. The molecule has 10 aromatic carbocycles. The molecule has 0 amide bonds. The number of hydrogen-bond donors (Lipinski definition) is 0. The van der Waals surface area contributed by atoms with Crippen LogP contribution in [0.25, 0.3) is 76.9 Å². The Bertz CT molecular complexity index is 3740. The Morgan fingerprint density at radius 3 is 1.36 bits per heavy atom. The summed E-state index contributed by atoms with van der Waals surface area (Å²) in [4.78, 5) is 15.5. The minimum Gasteiger partial charge on any atom is -0.310 e. The van der Waals surface area contributed by atoms with Crippen LogP contribution in [0.2, 0.25) is 0 Å². The number of fused-ring (bicyclic) bond motifs is 10. The van der Waals surface area contributed by atoms with E-state index in [9.17, 15) is 0 Å². The molecule has 0 atom stereocenters. The Balaban J connectivity index is 1.14. The first-order valence-corrected chi connectivity index (χ1v) is 21.7. The molecule has 0 unspecified atom stereocenters. The topological polar surface area (TPSA) is 41.6 Å². The molecule has 0 aliphatic rings. The molecule has 0 aliphatic carbocycles. The van der Waals surface area contributed by atoms with E-state index in [0.29, 0.717) is 0 Å². The van der Waals surface area contributed by atoms with Gasteiger partial charge in [-0.1, -0.05) is 133 Å². The van der Waals surface area contributed by atoms with Crippen molar-refractivity contribution < 1.29 is 0 Å². The van der Waals surface area contributed by atoms with Gasteiger partial charge < -0.3 is 9.80 Å². The highest BCUT2D eigenvalue weighted by Crippen LogP contribution is 2.45. The number of aromatic nitrogens is 4. The molecule has 0 bridgehead atoms. The summed E-state index contributed by atoms with van der Waals surface area (Å²) in [6, 6.07) is 82.2. The first kappa shape index (κ1) is 36.0. The quantitative estimate of drug-likeness (QED) is 0.161. The second-order valence-electron chi connectivity index (χ2n) is 16.3. The van der Waals surface area contributed by atoms with Gasteiger partial charge in [-0.3, -0.25) is 8.97 Å². The van der Waals surface area contributed by atoms with Gasteiger partial charge in [-0.2, -0.15) is 0 Å². The molecule has 0 saturated heterocycles. The van der Waals surface area contributed by atoms with Crippen LogP contribution in [0.1, 0.15) is 0 Å². The lowest BCUT2D eigenvalue weighted by molar-refractivity contribution is 0.979. The van der Waals surface area contributed by atoms with E-state index in [0.717, 1.165) is 89.5 Å². The zero-order valence-corrected chi connectivity index (χ0v) is 34.6. The van der Waals surface area contributed by atoms with Gasteiger partial charge in [0.2, 0.25) is 5.95 Å². The fourth-order valence-electron chi connectivity index (χ4n) is 9.79. The van der Waals surface area contributed by atoms with Crippen molar-refractivity contribution in [3.63, 3.8) is 0 Å². The van der Waals surface area contributed by atoms with E-state index in [-0.39, 0.29) is 0 Å². The van der Waals surface area contributed by atoms with Gasteiger partial charge in [0.1, 0.15) is 5.65 Å². The Labute approximate surface area is 368 Å². The minimum atomic E-state index is 0.783. The fraction of sp³-hybridized carbons (Fsp3) is 0. The van der Waals surface area contributed by atoms with Crippen molar-refractivity contribution in [2.24, 2.45) is 0 Å². The molecule has 64 heavy (non-hydrogen) atoms. The van der Waals surface area contributed by atoms with E-state index in [2.05, 4.69) is 249 Å². The molecular weight excluding hydrogens is 781 g/mol. The third kappa shape index (κ3) is 5.59. The number of hydrogen-bond acceptors (Lipinski definition) is 4. The largest absolute Gasteiger partial charge is 0.310 e. The summed E-state index contributed by atoms with van der Waals surface area (Å²) in [5, 5.41) is 7.97. The lowest BCUT2D eigenvalue weighted by atomic mass is 10.0. The smallest absolute Gasteiger partial charge is 0.221 e. The number of para-hydroxylation sites is 5. The Hall–Kier alpha value is -8.74. The maximum atomic E-state index is 5.51. The van der Waals surface area contributed by atoms with E-state index in [4.69, 9.17) is 9.97 Å². The van der Waals surface area contributed by atoms with Gasteiger partial charge in [0.15, 0.2) is 0 Å². The SMILES string of the molecule is c1ccc(N(c2ccc3c(c2)c2cc(N(c4ccccc4)c4cccc5ccccc45)ccc2n3-c2nc3ccccc3c3nc4ccccc4n23)c2cccc3ccccc23)cc1. The minimum absolute atomic E-state index is 0.783. The normalized spacial score (nSPS) is 11.8. The zero-order valence-electron chi connectivity index (χ0n) is 34.6. The van der Waals surface area contributed by atoms with Crippen molar-refractivity contribution in [2.45, 2.75) is 0 Å². The molecule has 300 valence electrons. The van der Waals surface area contributed by atoms with Crippen LogP contribution in [0.4, 0.5) is 34.1 Å². The number of rotatable bonds is 7. The molecular formula is C58H38N6. The molecule has 6 nitrogen and oxygen atoms in total. The van der Waals surface area contributed by atoms with Crippen LogP contribution in [0, 0.1) is 0 Å². The predicted molar refractivity (Wildman–Crippen MR) is 267 cm³/mol. The third-order valence-corrected chi connectivity index (χ3v) is 12.6. The highest BCUT2D eigenvalue weighted by molar-refractivity contribution is 6.13. The van der Waals surface area contributed by atoms with Gasteiger partial charge in [0.25, 0.3) is 0 Å². The summed E-state index contributed by atoms with van der Waals surface area (Å²) in [5.74, 6) is 0.783. The Morgan fingerprint density at radius 2 is 0.781 bits per heavy atom. The van der Waals surface area contributed by atoms with Crippen molar-refractivity contribution >= 4 is 105 Å². The molecule has 3 aromatic heterocycles. The fourth-order valence-corrected chi connectivity index (χ4v) is 9.79. The van der Waals surface area contributed by atoms with Crippen molar-refractivity contribution in [3.8, 4) is 5.95 Å². The lowest BCUT2D eigenvalue weighted by Crippen LogP contribution is -2.10. The van der Waals surface area contributed by atoms with Gasteiger partial charge in [0.05, 0.1) is 39.0 Å². The first-order chi connectivity index (χ1) is 31.8. The molecule has 6 heteroatoms. The molecule has 0 spiro atoms. The molecule has 0 saturated carbocycles. The average Bonchev–Trinajstić information content (AvgIpc) is 3.91. The van der Waals surface area contributed by atoms with Crippen LogP contribution in [0.3, 0.4) is 0 Å².